The lowest BCUT2D eigenvalue weighted by molar-refractivity contribution is -0.111. The summed E-state index contributed by atoms with van der Waals surface area (Å²) in [4.78, 5) is 19.4. The van der Waals surface area contributed by atoms with Crippen LogP contribution in [0.1, 0.15) is 11.1 Å². The fraction of sp³-hybridized carbons (Fsp3) is 0.217. The van der Waals surface area contributed by atoms with Crippen LogP contribution >= 0.6 is 23.2 Å². The Bertz CT molecular complexity index is 1120. The van der Waals surface area contributed by atoms with Crippen LogP contribution < -0.4 is 10.2 Å². The quantitative estimate of drug-likeness (QED) is 0.555. The molecule has 4 rings (SSSR count). The van der Waals surface area contributed by atoms with Gasteiger partial charge in [0.2, 0.25) is 5.91 Å². The van der Waals surface area contributed by atoms with Crippen LogP contribution in [0.5, 0.6) is 0 Å². The highest BCUT2D eigenvalue weighted by atomic mass is 35.5. The Kier molecular flexibility index (Phi) is 6.23. The molecule has 1 aliphatic rings. The number of ether oxygens (including phenoxy) is 1. The van der Waals surface area contributed by atoms with Gasteiger partial charge in [0, 0.05) is 40.3 Å². The molecule has 1 fully saturated rings. The Morgan fingerprint density at radius 1 is 1.13 bits per heavy atom. The van der Waals surface area contributed by atoms with Gasteiger partial charge in [0.15, 0.2) is 0 Å². The number of aromatic nitrogens is 1. The van der Waals surface area contributed by atoms with Crippen LogP contribution in [-0.2, 0) is 9.53 Å². The number of aryl methyl sites for hydroxylation is 1. The van der Waals surface area contributed by atoms with Crippen LogP contribution in [0.3, 0.4) is 0 Å². The molecule has 0 radical (unpaired) electrons. The van der Waals surface area contributed by atoms with Gasteiger partial charge >= 0.3 is 0 Å². The number of carbonyl (C=O) groups excluding carboxylic acids is 1. The molecule has 7 heteroatoms. The first-order chi connectivity index (χ1) is 14.5. The number of carbonyl (C=O) groups is 1. The highest BCUT2D eigenvalue weighted by Crippen LogP contribution is 2.26. The minimum Gasteiger partial charge on any atom is -0.378 e. The van der Waals surface area contributed by atoms with Crippen molar-refractivity contribution in [3.63, 3.8) is 0 Å². The maximum Gasteiger partial charge on any atom is 0.248 e. The van der Waals surface area contributed by atoms with Crippen molar-refractivity contribution in [2.75, 3.05) is 36.5 Å². The highest BCUT2D eigenvalue weighted by molar-refractivity contribution is 6.35. The fourth-order valence-electron chi connectivity index (χ4n) is 3.39. The van der Waals surface area contributed by atoms with Crippen molar-refractivity contribution in [3.05, 3.63) is 69.7 Å². The number of nitrogens with zero attached hydrogens (tertiary/aromatic N) is 2. The number of rotatable bonds is 4. The van der Waals surface area contributed by atoms with E-state index in [0.29, 0.717) is 15.7 Å². The lowest BCUT2D eigenvalue weighted by Gasteiger charge is -2.28. The zero-order valence-corrected chi connectivity index (χ0v) is 18.0. The average Bonchev–Trinajstić information content (AvgIpc) is 2.74. The van der Waals surface area contributed by atoms with E-state index in [0.717, 1.165) is 54.2 Å². The molecule has 5 nitrogen and oxygen atoms in total. The number of anilines is 2. The van der Waals surface area contributed by atoms with Gasteiger partial charge in [-0.2, -0.15) is 0 Å². The molecule has 0 unspecified atom stereocenters. The maximum absolute atomic E-state index is 12.3. The summed E-state index contributed by atoms with van der Waals surface area (Å²) in [6.45, 7) is 5.19. The molecular weight excluding hydrogens is 421 g/mol. The predicted octanol–water partition coefficient (Wildman–Crippen LogP) is 5.34. The van der Waals surface area contributed by atoms with Crippen LogP contribution in [-0.4, -0.2) is 37.2 Å². The van der Waals surface area contributed by atoms with Crippen molar-refractivity contribution in [1.82, 2.24) is 4.98 Å². The molecule has 1 N–H and O–H groups in total. The van der Waals surface area contributed by atoms with Crippen molar-refractivity contribution < 1.29 is 9.53 Å². The molecule has 1 aromatic heterocycles. The number of morpholine rings is 1. The summed E-state index contributed by atoms with van der Waals surface area (Å²) in [5.74, 6) is 0.721. The van der Waals surface area contributed by atoms with Gasteiger partial charge in [0.25, 0.3) is 0 Å². The monoisotopic (exact) mass is 441 g/mol. The van der Waals surface area contributed by atoms with Crippen LogP contribution in [0.15, 0.2) is 48.5 Å². The Morgan fingerprint density at radius 3 is 2.70 bits per heavy atom. The lowest BCUT2D eigenvalue weighted by Crippen LogP contribution is -2.36. The number of pyridine rings is 1. The molecule has 154 valence electrons. The topological polar surface area (TPSA) is 54.5 Å². The second-order valence-corrected chi connectivity index (χ2v) is 7.96. The average molecular weight is 442 g/mol. The van der Waals surface area contributed by atoms with Gasteiger partial charge < -0.3 is 15.0 Å². The van der Waals surface area contributed by atoms with Crippen LogP contribution in [0.2, 0.25) is 10.0 Å². The molecule has 1 aliphatic heterocycles. The lowest BCUT2D eigenvalue weighted by atomic mass is 10.1. The summed E-state index contributed by atoms with van der Waals surface area (Å²) in [5, 5.41) is 4.95. The van der Waals surface area contributed by atoms with Crippen LogP contribution in [0.4, 0.5) is 11.5 Å². The van der Waals surface area contributed by atoms with Gasteiger partial charge in [-0.3, -0.25) is 4.79 Å². The summed E-state index contributed by atoms with van der Waals surface area (Å²) in [5.41, 5.74) is 3.45. The Morgan fingerprint density at radius 2 is 1.93 bits per heavy atom. The number of benzene rings is 2. The first-order valence-corrected chi connectivity index (χ1v) is 10.4. The minimum atomic E-state index is -0.240. The summed E-state index contributed by atoms with van der Waals surface area (Å²) < 4.78 is 5.42. The molecular formula is C23H21Cl2N3O2. The molecule has 0 atom stereocenters. The van der Waals surface area contributed by atoms with Gasteiger partial charge in [0.05, 0.1) is 18.7 Å². The number of amides is 1. The summed E-state index contributed by atoms with van der Waals surface area (Å²) in [6, 6.07) is 13.0. The number of hydrogen-bond donors (Lipinski definition) is 1. The summed E-state index contributed by atoms with van der Waals surface area (Å²) in [7, 11) is 0. The number of halogens is 2. The van der Waals surface area contributed by atoms with E-state index in [2.05, 4.69) is 23.2 Å². The SMILES string of the molecule is Cc1cc(N2CCOCC2)nc2ccc(NC(=O)C=Cc3ccc(Cl)cc3Cl)cc12. The van der Waals surface area contributed by atoms with E-state index >= 15 is 0 Å². The summed E-state index contributed by atoms with van der Waals surface area (Å²) in [6.07, 6.45) is 3.11. The van der Waals surface area contributed by atoms with E-state index in [9.17, 15) is 4.79 Å². The second-order valence-electron chi connectivity index (χ2n) is 7.12. The molecule has 0 saturated carbocycles. The normalized spacial score (nSPS) is 14.4. The van der Waals surface area contributed by atoms with Gasteiger partial charge in [-0.1, -0.05) is 29.3 Å². The minimum absolute atomic E-state index is 0.240. The second kappa shape index (κ2) is 9.04. The molecule has 0 bridgehead atoms. The van der Waals surface area contributed by atoms with E-state index < -0.39 is 0 Å². The number of hydrogen-bond acceptors (Lipinski definition) is 4. The third-order valence-electron chi connectivity index (χ3n) is 4.98. The first kappa shape index (κ1) is 20.7. The molecule has 1 saturated heterocycles. The van der Waals surface area contributed by atoms with E-state index in [-0.39, 0.29) is 5.91 Å². The molecule has 3 aromatic rings. The largest absolute Gasteiger partial charge is 0.378 e. The van der Waals surface area contributed by atoms with Crippen molar-refractivity contribution in [2.24, 2.45) is 0 Å². The number of nitrogens with one attached hydrogen (secondary N) is 1. The van der Waals surface area contributed by atoms with Crippen molar-refractivity contribution >= 4 is 57.6 Å². The standard InChI is InChI=1S/C23H21Cl2N3O2/c1-15-12-22(28-8-10-30-11-9-28)27-21-6-5-18(14-19(15)21)26-23(29)7-3-16-2-4-17(24)13-20(16)25/h2-7,12-14H,8-11H2,1H3,(H,26,29). The molecule has 1 amide bonds. The van der Waals surface area contributed by atoms with Crippen LogP contribution in [0.25, 0.3) is 17.0 Å². The zero-order chi connectivity index (χ0) is 21.1. The van der Waals surface area contributed by atoms with Crippen molar-refractivity contribution in [1.29, 1.82) is 0 Å². The first-order valence-electron chi connectivity index (χ1n) is 9.68. The van der Waals surface area contributed by atoms with Crippen molar-refractivity contribution in [2.45, 2.75) is 6.92 Å². The molecule has 2 heterocycles. The fourth-order valence-corrected chi connectivity index (χ4v) is 3.87. The summed E-state index contributed by atoms with van der Waals surface area (Å²) >= 11 is 12.0. The predicted molar refractivity (Wildman–Crippen MR) is 124 cm³/mol. The van der Waals surface area contributed by atoms with Gasteiger partial charge in [-0.25, -0.2) is 4.98 Å². The van der Waals surface area contributed by atoms with Crippen molar-refractivity contribution in [3.8, 4) is 0 Å². The molecule has 0 spiro atoms. The van der Waals surface area contributed by atoms with E-state index in [1.165, 1.54) is 6.08 Å². The Hall–Kier alpha value is -2.60. The highest BCUT2D eigenvalue weighted by Gasteiger charge is 2.14. The van der Waals surface area contributed by atoms with Gasteiger partial charge in [-0.15, -0.1) is 0 Å². The zero-order valence-electron chi connectivity index (χ0n) is 16.5. The van der Waals surface area contributed by atoms with Crippen LogP contribution in [0, 0.1) is 6.92 Å². The maximum atomic E-state index is 12.3. The third-order valence-corrected chi connectivity index (χ3v) is 5.54. The van der Waals surface area contributed by atoms with Gasteiger partial charge in [-0.05, 0) is 60.5 Å². The number of fused-ring (bicyclic) bond motifs is 1. The Labute approximate surface area is 185 Å². The van der Waals surface area contributed by atoms with Gasteiger partial charge in [0.1, 0.15) is 5.82 Å². The third kappa shape index (κ3) is 4.75. The smallest absolute Gasteiger partial charge is 0.248 e. The van der Waals surface area contributed by atoms with E-state index in [1.54, 1.807) is 24.3 Å². The molecule has 30 heavy (non-hydrogen) atoms. The van der Waals surface area contributed by atoms with E-state index in [1.807, 2.05) is 18.2 Å². The van der Waals surface area contributed by atoms with E-state index in [4.69, 9.17) is 32.9 Å². The molecule has 2 aromatic carbocycles. The Balaban J connectivity index is 1.51. The molecule has 0 aliphatic carbocycles.